The first-order valence-electron chi connectivity index (χ1n) is 9.57. The van der Waals surface area contributed by atoms with Gasteiger partial charge in [-0.05, 0) is 42.0 Å². The fourth-order valence-electron chi connectivity index (χ4n) is 4.17. The number of carbonyl (C=O) groups excluding carboxylic acids is 2. The number of fused-ring (bicyclic) bond motifs is 2. The fourth-order valence-corrected chi connectivity index (χ4v) is 6.69. The molecule has 7 nitrogen and oxygen atoms in total. The number of thioether (sulfide) groups is 1. The van der Waals surface area contributed by atoms with Crippen molar-refractivity contribution in [1.82, 2.24) is 4.98 Å². The molecule has 0 bridgehead atoms. The lowest BCUT2D eigenvalue weighted by molar-refractivity contribution is -0.122. The summed E-state index contributed by atoms with van der Waals surface area (Å²) in [4.78, 5) is 43.7. The number of methoxy groups -OCH3 is 2. The Labute approximate surface area is 186 Å². The van der Waals surface area contributed by atoms with Crippen LogP contribution >= 0.6 is 23.1 Å². The Morgan fingerprint density at radius 2 is 1.48 bits per heavy atom. The molecule has 0 aliphatic carbocycles. The highest BCUT2D eigenvalue weighted by molar-refractivity contribution is 8.00. The topological polar surface area (TPSA) is 88.7 Å². The molecular formula is C22H18N2O5S2. The monoisotopic (exact) mass is 454 g/mol. The molecule has 0 radical (unpaired) electrons. The Kier molecular flexibility index (Phi) is 4.86. The van der Waals surface area contributed by atoms with Crippen molar-refractivity contribution in [1.29, 1.82) is 0 Å². The number of hydrogen-bond acceptors (Lipinski definition) is 7. The second-order valence-electron chi connectivity index (χ2n) is 7.23. The quantitative estimate of drug-likeness (QED) is 0.609. The van der Waals surface area contributed by atoms with E-state index >= 15 is 0 Å². The number of ether oxygens (including phenoxy) is 2. The normalized spacial score (nSPS) is 22.3. The average molecular weight is 455 g/mol. The van der Waals surface area contributed by atoms with Crippen molar-refractivity contribution >= 4 is 40.6 Å². The molecule has 158 valence electrons. The molecule has 31 heavy (non-hydrogen) atoms. The van der Waals surface area contributed by atoms with Crippen LogP contribution in [0.1, 0.15) is 16.4 Å². The Balaban J connectivity index is 1.60. The van der Waals surface area contributed by atoms with Crippen molar-refractivity contribution in [3.8, 4) is 11.5 Å². The van der Waals surface area contributed by atoms with E-state index in [4.69, 9.17) is 9.47 Å². The lowest BCUT2D eigenvalue weighted by Crippen LogP contribution is -2.32. The third kappa shape index (κ3) is 3.16. The van der Waals surface area contributed by atoms with Crippen LogP contribution in [0.2, 0.25) is 0 Å². The average Bonchev–Trinajstić information content (AvgIpc) is 3.28. The van der Waals surface area contributed by atoms with Crippen LogP contribution in [0, 0.1) is 5.92 Å². The molecule has 2 aromatic carbocycles. The van der Waals surface area contributed by atoms with Crippen LogP contribution in [0.3, 0.4) is 0 Å². The van der Waals surface area contributed by atoms with Gasteiger partial charge in [0.2, 0.25) is 11.8 Å². The minimum atomic E-state index is -0.612. The van der Waals surface area contributed by atoms with Gasteiger partial charge in [-0.25, -0.2) is 4.90 Å². The van der Waals surface area contributed by atoms with Gasteiger partial charge in [0, 0.05) is 10.8 Å². The van der Waals surface area contributed by atoms with E-state index in [1.807, 2.05) is 24.3 Å². The maximum absolute atomic E-state index is 13.6. The van der Waals surface area contributed by atoms with E-state index in [1.54, 1.807) is 38.5 Å². The molecule has 1 saturated heterocycles. The zero-order valence-electron chi connectivity index (χ0n) is 16.7. The molecule has 2 aliphatic heterocycles. The predicted octanol–water partition coefficient (Wildman–Crippen LogP) is 3.25. The lowest BCUT2D eigenvalue weighted by atomic mass is 9.83. The van der Waals surface area contributed by atoms with Crippen molar-refractivity contribution < 1.29 is 19.1 Å². The van der Waals surface area contributed by atoms with Crippen LogP contribution in [0.4, 0.5) is 5.69 Å². The molecule has 3 unspecified atom stereocenters. The van der Waals surface area contributed by atoms with Gasteiger partial charge in [-0.1, -0.05) is 35.2 Å². The van der Waals surface area contributed by atoms with Crippen LogP contribution in [-0.4, -0.2) is 36.3 Å². The number of thiazole rings is 1. The van der Waals surface area contributed by atoms with Crippen LogP contribution in [-0.2, 0) is 9.59 Å². The molecule has 2 amide bonds. The van der Waals surface area contributed by atoms with Gasteiger partial charge in [0.25, 0.3) is 0 Å². The van der Waals surface area contributed by atoms with Crippen LogP contribution in [0.5, 0.6) is 11.5 Å². The summed E-state index contributed by atoms with van der Waals surface area (Å²) in [5, 5.41) is 0.0502. The summed E-state index contributed by atoms with van der Waals surface area (Å²) in [6, 6.07) is 14.3. The van der Waals surface area contributed by atoms with E-state index in [2.05, 4.69) is 4.98 Å². The summed E-state index contributed by atoms with van der Waals surface area (Å²) in [6.45, 7) is 0. The van der Waals surface area contributed by atoms with Crippen molar-refractivity contribution in [2.75, 3.05) is 19.1 Å². The van der Waals surface area contributed by atoms with Gasteiger partial charge in [0.1, 0.15) is 16.7 Å². The number of rotatable bonds is 4. The number of nitrogens with zero attached hydrogens (tertiary/aromatic N) is 1. The van der Waals surface area contributed by atoms with E-state index in [9.17, 15) is 14.4 Å². The molecule has 1 N–H and O–H groups in total. The van der Waals surface area contributed by atoms with E-state index in [-0.39, 0.29) is 16.7 Å². The van der Waals surface area contributed by atoms with Crippen molar-refractivity contribution in [2.24, 2.45) is 5.92 Å². The van der Waals surface area contributed by atoms with Gasteiger partial charge in [-0.3, -0.25) is 14.4 Å². The van der Waals surface area contributed by atoms with Gasteiger partial charge in [-0.2, -0.15) is 0 Å². The van der Waals surface area contributed by atoms with Crippen molar-refractivity contribution in [3.05, 3.63) is 68.6 Å². The first kappa shape index (κ1) is 19.9. The number of nitrogens with one attached hydrogen (secondary N) is 1. The Hall–Kier alpha value is -3.04. The van der Waals surface area contributed by atoms with E-state index < -0.39 is 17.1 Å². The molecule has 3 atom stereocenters. The molecule has 2 aliphatic rings. The molecule has 5 rings (SSSR count). The molecule has 0 spiro atoms. The third-order valence-electron chi connectivity index (χ3n) is 5.63. The second-order valence-corrected chi connectivity index (χ2v) is 9.40. The van der Waals surface area contributed by atoms with E-state index in [0.717, 1.165) is 21.8 Å². The highest BCUT2D eigenvalue weighted by atomic mass is 32.2. The molecule has 0 saturated carbocycles. The summed E-state index contributed by atoms with van der Waals surface area (Å²) in [5.74, 6) is -0.198. The van der Waals surface area contributed by atoms with Gasteiger partial charge in [-0.15, -0.1) is 0 Å². The number of aromatic nitrogens is 1. The standard InChI is InChI=1S/C22H18N2O5S2/c1-28-13-7-3-11(4-8-13)15-16-18(30-19-17(15)31-22(27)23-19)21(26)24(20(16)25)12-5-9-14(29-2)10-6-12/h3-10,15-16,18H,1-2H3,(H,23,27). The van der Waals surface area contributed by atoms with E-state index in [0.29, 0.717) is 22.2 Å². The first-order valence-corrected chi connectivity index (χ1v) is 11.3. The summed E-state index contributed by atoms with van der Waals surface area (Å²) < 4.78 is 10.4. The number of H-pyrrole nitrogens is 1. The minimum absolute atomic E-state index is 0.192. The third-order valence-corrected chi connectivity index (χ3v) is 8.03. The molecular weight excluding hydrogens is 436 g/mol. The second kappa shape index (κ2) is 7.58. The van der Waals surface area contributed by atoms with Gasteiger partial charge < -0.3 is 14.5 Å². The Bertz CT molecular complexity index is 1220. The maximum Gasteiger partial charge on any atom is 0.305 e. The smallest absolute Gasteiger partial charge is 0.305 e. The number of carbonyl (C=O) groups is 2. The van der Waals surface area contributed by atoms with Gasteiger partial charge in [0.15, 0.2) is 0 Å². The molecule has 9 heteroatoms. The summed E-state index contributed by atoms with van der Waals surface area (Å²) in [7, 11) is 3.15. The molecule has 1 fully saturated rings. The number of amides is 2. The minimum Gasteiger partial charge on any atom is -0.497 e. The lowest BCUT2D eigenvalue weighted by Gasteiger charge is -2.29. The predicted molar refractivity (Wildman–Crippen MR) is 118 cm³/mol. The maximum atomic E-state index is 13.6. The van der Waals surface area contributed by atoms with E-state index in [1.165, 1.54) is 16.7 Å². The number of anilines is 1. The van der Waals surface area contributed by atoms with Crippen molar-refractivity contribution in [2.45, 2.75) is 16.2 Å². The largest absolute Gasteiger partial charge is 0.497 e. The summed E-state index contributed by atoms with van der Waals surface area (Å²) >= 11 is 2.36. The first-order chi connectivity index (χ1) is 15.0. The zero-order chi connectivity index (χ0) is 21.7. The fraction of sp³-hybridized carbons (Fsp3) is 0.227. The van der Waals surface area contributed by atoms with Crippen LogP contribution < -0.4 is 19.2 Å². The van der Waals surface area contributed by atoms with Crippen LogP contribution in [0.15, 0.2) is 58.4 Å². The highest BCUT2D eigenvalue weighted by Gasteiger charge is 2.56. The Morgan fingerprint density at radius 3 is 2.10 bits per heavy atom. The van der Waals surface area contributed by atoms with Crippen molar-refractivity contribution in [3.63, 3.8) is 0 Å². The summed E-state index contributed by atoms with van der Waals surface area (Å²) in [6.07, 6.45) is 0. The molecule has 3 heterocycles. The molecule has 3 aromatic rings. The Morgan fingerprint density at radius 1 is 0.871 bits per heavy atom. The SMILES string of the molecule is COc1ccc(C2c3sc(=O)[nH]c3SC3C(=O)N(c4ccc(OC)cc4)C(=O)C32)cc1. The number of benzene rings is 2. The van der Waals surface area contributed by atoms with Crippen LogP contribution in [0.25, 0.3) is 0 Å². The number of aromatic amines is 1. The zero-order valence-corrected chi connectivity index (χ0v) is 18.3. The van der Waals surface area contributed by atoms with Gasteiger partial charge >= 0.3 is 4.87 Å². The number of hydrogen-bond donors (Lipinski definition) is 1. The highest BCUT2D eigenvalue weighted by Crippen LogP contribution is 2.53. The van der Waals surface area contributed by atoms with Gasteiger partial charge in [0.05, 0.1) is 30.9 Å². The number of imide groups is 1. The molecule has 1 aromatic heterocycles. The summed E-state index contributed by atoms with van der Waals surface area (Å²) in [5.41, 5.74) is 1.38.